The minimum absolute atomic E-state index is 0.0170. The minimum atomic E-state index is -0.332. The first-order chi connectivity index (χ1) is 6.62. The van der Waals surface area contributed by atoms with Crippen LogP contribution in [0.25, 0.3) is 0 Å². The molecule has 14 heavy (non-hydrogen) atoms. The second kappa shape index (κ2) is 3.37. The molecular weight excluding hydrogens is 178 g/mol. The van der Waals surface area contributed by atoms with Gasteiger partial charge < -0.3 is 0 Å². The maximum Gasteiger partial charge on any atom is 0.233 e. The van der Waals surface area contributed by atoms with Crippen LogP contribution in [0, 0.1) is 11.3 Å². The van der Waals surface area contributed by atoms with Crippen LogP contribution in [0.1, 0.15) is 45.4 Å². The first-order valence-electron chi connectivity index (χ1n) is 5.47. The Labute approximate surface area is 84.2 Å². The van der Waals surface area contributed by atoms with Crippen molar-refractivity contribution in [2.45, 2.75) is 45.4 Å². The number of imide groups is 1. The fraction of sp³-hybridized carbons (Fsp3) is 0.818. The zero-order valence-corrected chi connectivity index (χ0v) is 8.64. The summed E-state index contributed by atoms with van der Waals surface area (Å²) in [5, 5.41) is 2.44. The van der Waals surface area contributed by atoms with Crippen molar-refractivity contribution in [2.24, 2.45) is 11.3 Å². The largest absolute Gasteiger partial charge is 0.296 e. The molecule has 2 atom stereocenters. The maximum atomic E-state index is 11.7. The third-order valence-electron chi connectivity index (χ3n) is 3.70. The van der Waals surface area contributed by atoms with Gasteiger partial charge in [0.05, 0.1) is 5.41 Å². The topological polar surface area (TPSA) is 46.2 Å². The van der Waals surface area contributed by atoms with Gasteiger partial charge in [0.1, 0.15) is 0 Å². The monoisotopic (exact) mass is 195 g/mol. The van der Waals surface area contributed by atoms with Gasteiger partial charge in [-0.3, -0.25) is 14.9 Å². The van der Waals surface area contributed by atoms with Crippen LogP contribution in [-0.4, -0.2) is 11.8 Å². The standard InChI is InChI=1S/C11H17NO2/c1-8-3-2-5-11(6-4-8)7-9(13)12-10(11)14/h8H,2-7H2,1H3,(H,12,13,14). The fourth-order valence-corrected chi connectivity index (χ4v) is 2.68. The molecule has 1 spiro atoms. The summed E-state index contributed by atoms with van der Waals surface area (Å²) in [5.74, 6) is 0.610. The Hall–Kier alpha value is -0.860. The summed E-state index contributed by atoms with van der Waals surface area (Å²) in [6, 6.07) is 0. The molecular formula is C11H17NO2. The molecule has 1 aliphatic heterocycles. The smallest absolute Gasteiger partial charge is 0.233 e. The van der Waals surface area contributed by atoms with Crippen molar-refractivity contribution >= 4 is 11.8 Å². The first kappa shape index (κ1) is 9.69. The predicted octanol–water partition coefficient (Wildman–Crippen LogP) is 1.62. The van der Waals surface area contributed by atoms with E-state index in [1.165, 1.54) is 6.42 Å². The SMILES string of the molecule is CC1CCCC2(CC1)CC(=O)NC2=O. The molecule has 2 aliphatic rings. The average molecular weight is 195 g/mol. The Balaban J connectivity index is 2.15. The van der Waals surface area contributed by atoms with Crippen LogP contribution in [-0.2, 0) is 9.59 Å². The van der Waals surface area contributed by atoms with E-state index in [0.717, 1.165) is 25.7 Å². The van der Waals surface area contributed by atoms with E-state index >= 15 is 0 Å². The molecule has 2 fully saturated rings. The van der Waals surface area contributed by atoms with E-state index in [2.05, 4.69) is 12.2 Å². The third-order valence-corrected chi connectivity index (χ3v) is 3.70. The van der Waals surface area contributed by atoms with Gasteiger partial charge in [0.15, 0.2) is 0 Å². The average Bonchev–Trinajstić information content (AvgIpc) is 2.31. The number of carbonyl (C=O) groups is 2. The molecule has 3 heteroatoms. The van der Waals surface area contributed by atoms with Gasteiger partial charge in [0.25, 0.3) is 0 Å². The molecule has 1 saturated carbocycles. The normalized spacial score (nSPS) is 38.5. The molecule has 0 aromatic heterocycles. The summed E-state index contributed by atoms with van der Waals surface area (Å²) >= 11 is 0. The summed E-state index contributed by atoms with van der Waals surface area (Å²) < 4.78 is 0. The van der Waals surface area contributed by atoms with Gasteiger partial charge in [-0.15, -0.1) is 0 Å². The zero-order valence-electron chi connectivity index (χ0n) is 8.64. The van der Waals surface area contributed by atoms with Crippen LogP contribution in [0.4, 0.5) is 0 Å². The van der Waals surface area contributed by atoms with Crippen molar-refractivity contribution in [1.29, 1.82) is 0 Å². The Kier molecular flexibility index (Phi) is 2.33. The first-order valence-corrected chi connectivity index (χ1v) is 5.47. The summed E-state index contributed by atoms with van der Waals surface area (Å²) in [5.41, 5.74) is -0.332. The number of hydrogen-bond donors (Lipinski definition) is 1. The molecule has 1 N–H and O–H groups in total. The molecule has 2 unspecified atom stereocenters. The van der Waals surface area contributed by atoms with Crippen molar-refractivity contribution < 1.29 is 9.59 Å². The van der Waals surface area contributed by atoms with Crippen molar-refractivity contribution in [3.8, 4) is 0 Å². The summed E-state index contributed by atoms with van der Waals surface area (Å²) in [4.78, 5) is 22.9. The Morgan fingerprint density at radius 1 is 1.29 bits per heavy atom. The van der Waals surface area contributed by atoms with Gasteiger partial charge in [0, 0.05) is 6.42 Å². The van der Waals surface area contributed by atoms with E-state index in [0.29, 0.717) is 12.3 Å². The van der Waals surface area contributed by atoms with E-state index in [1.54, 1.807) is 0 Å². The van der Waals surface area contributed by atoms with Gasteiger partial charge in [-0.05, 0) is 25.2 Å². The molecule has 3 nitrogen and oxygen atoms in total. The van der Waals surface area contributed by atoms with Gasteiger partial charge in [-0.25, -0.2) is 0 Å². The van der Waals surface area contributed by atoms with Crippen LogP contribution >= 0.6 is 0 Å². The highest BCUT2D eigenvalue weighted by molar-refractivity contribution is 6.05. The number of hydrogen-bond acceptors (Lipinski definition) is 2. The summed E-state index contributed by atoms with van der Waals surface area (Å²) in [6.07, 6.45) is 5.59. The van der Waals surface area contributed by atoms with Crippen LogP contribution in [0.5, 0.6) is 0 Å². The van der Waals surface area contributed by atoms with Crippen molar-refractivity contribution in [3.05, 3.63) is 0 Å². The maximum absolute atomic E-state index is 11.7. The van der Waals surface area contributed by atoms with Crippen molar-refractivity contribution in [3.63, 3.8) is 0 Å². The molecule has 0 radical (unpaired) electrons. The number of rotatable bonds is 0. The van der Waals surface area contributed by atoms with Crippen LogP contribution in [0.15, 0.2) is 0 Å². The van der Waals surface area contributed by atoms with Gasteiger partial charge >= 0.3 is 0 Å². The van der Waals surface area contributed by atoms with Crippen molar-refractivity contribution in [1.82, 2.24) is 5.32 Å². The predicted molar refractivity (Wildman–Crippen MR) is 52.4 cm³/mol. The summed E-state index contributed by atoms with van der Waals surface area (Å²) in [7, 11) is 0. The second-order valence-corrected chi connectivity index (χ2v) is 4.87. The van der Waals surface area contributed by atoms with E-state index in [-0.39, 0.29) is 17.2 Å². The van der Waals surface area contributed by atoms with E-state index in [9.17, 15) is 9.59 Å². The van der Waals surface area contributed by atoms with Gasteiger partial charge in [0.2, 0.25) is 11.8 Å². The lowest BCUT2D eigenvalue weighted by atomic mass is 9.79. The van der Waals surface area contributed by atoms with Crippen molar-refractivity contribution in [2.75, 3.05) is 0 Å². The van der Waals surface area contributed by atoms with Crippen LogP contribution < -0.4 is 5.32 Å². The molecule has 2 rings (SSSR count). The lowest BCUT2D eigenvalue weighted by Crippen LogP contribution is -2.31. The molecule has 0 bridgehead atoms. The van der Waals surface area contributed by atoms with E-state index in [1.807, 2.05) is 0 Å². The molecule has 1 heterocycles. The fourth-order valence-electron chi connectivity index (χ4n) is 2.68. The highest BCUT2D eigenvalue weighted by Crippen LogP contribution is 2.42. The lowest BCUT2D eigenvalue weighted by Gasteiger charge is -2.22. The quantitative estimate of drug-likeness (QED) is 0.597. The van der Waals surface area contributed by atoms with Gasteiger partial charge in [-0.2, -0.15) is 0 Å². The third kappa shape index (κ3) is 1.56. The Morgan fingerprint density at radius 2 is 2.07 bits per heavy atom. The Bertz CT molecular complexity index is 274. The molecule has 2 amide bonds. The molecule has 0 aromatic rings. The minimum Gasteiger partial charge on any atom is -0.296 e. The van der Waals surface area contributed by atoms with E-state index in [4.69, 9.17) is 0 Å². The number of carbonyl (C=O) groups excluding carboxylic acids is 2. The van der Waals surface area contributed by atoms with E-state index < -0.39 is 0 Å². The van der Waals surface area contributed by atoms with Crippen LogP contribution in [0.2, 0.25) is 0 Å². The molecule has 0 aromatic carbocycles. The van der Waals surface area contributed by atoms with Gasteiger partial charge in [-0.1, -0.05) is 19.8 Å². The van der Waals surface area contributed by atoms with Crippen LogP contribution in [0.3, 0.4) is 0 Å². The highest BCUT2D eigenvalue weighted by atomic mass is 16.2. The molecule has 1 saturated heterocycles. The zero-order chi connectivity index (χ0) is 10.2. The molecule has 1 aliphatic carbocycles. The number of nitrogens with one attached hydrogen (secondary N) is 1. The number of amides is 2. The second-order valence-electron chi connectivity index (χ2n) is 4.87. The summed E-state index contributed by atoms with van der Waals surface area (Å²) in [6.45, 7) is 2.23. The lowest BCUT2D eigenvalue weighted by molar-refractivity contribution is -0.129. The highest BCUT2D eigenvalue weighted by Gasteiger charge is 2.46. The molecule has 78 valence electrons. The Morgan fingerprint density at radius 3 is 2.71 bits per heavy atom.